The van der Waals surface area contributed by atoms with Crippen molar-refractivity contribution >= 4 is 23.2 Å². The molecule has 132 valence electrons. The number of ether oxygens (including phenoxy) is 1. The number of rotatable bonds is 4. The van der Waals surface area contributed by atoms with E-state index in [4.69, 9.17) is 4.74 Å². The molecule has 1 amide bonds. The predicted octanol–water partition coefficient (Wildman–Crippen LogP) is 3.72. The second kappa shape index (κ2) is 6.51. The van der Waals surface area contributed by atoms with Crippen LogP contribution in [0, 0.1) is 11.3 Å². The summed E-state index contributed by atoms with van der Waals surface area (Å²) in [5.74, 6) is 0.0758. The molecule has 1 saturated carbocycles. The van der Waals surface area contributed by atoms with Crippen LogP contribution in [-0.4, -0.2) is 24.0 Å². The smallest absolute Gasteiger partial charge is 0.349 e. The average molecular weight is 349 g/mol. The molecule has 1 fully saturated rings. The summed E-state index contributed by atoms with van der Waals surface area (Å²) in [6.07, 6.45) is 4.55. The molecule has 24 heavy (non-hydrogen) atoms. The minimum absolute atomic E-state index is 0.194. The molecule has 1 aromatic heterocycles. The Hall–Kier alpha value is -1.36. The topological polar surface area (TPSA) is 55.4 Å². The molecule has 2 aliphatic rings. The third-order valence-corrected chi connectivity index (χ3v) is 6.30. The van der Waals surface area contributed by atoms with Crippen LogP contribution in [0.1, 0.15) is 67.1 Å². The summed E-state index contributed by atoms with van der Waals surface area (Å²) in [4.78, 5) is 26.2. The van der Waals surface area contributed by atoms with Crippen molar-refractivity contribution in [2.24, 2.45) is 11.3 Å². The minimum atomic E-state index is -0.737. The molecule has 2 aliphatic carbocycles. The van der Waals surface area contributed by atoms with Gasteiger partial charge in [-0.1, -0.05) is 20.8 Å². The zero-order valence-corrected chi connectivity index (χ0v) is 15.8. The number of nitrogens with one attached hydrogen (secondary N) is 1. The van der Waals surface area contributed by atoms with Crippen LogP contribution in [0.15, 0.2) is 6.07 Å². The molecule has 4 nitrogen and oxygen atoms in total. The first-order chi connectivity index (χ1) is 11.2. The number of esters is 1. The number of aryl methyl sites for hydroxylation is 1. The summed E-state index contributed by atoms with van der Waals surface area (Å²) in [7, 11) is 0. The third-order valence-electron chi connectivity index (χ3n) is 5.09. The quantitative estimate of drug-likeness (QED) is 0.843. The molecule has 5 heteroatoms. The fourth-order valence-electron chi connectivity index (χ4n) is 3.18. The van der Waals surface area contributed by atoms with E-state index in [1.807, 2.05) is 6.07 Å². The maximum atomic E-state index is 12.4. The first-order valence-electron chi connectivity index (χ1n) is 8.87. The van der Waals surface area contributed by atoms with Gasteiger partial charge in [0.2, 0.25) is 0 Å². The largest absolute Gasteiger partial charge is 0.448 e. The Morgan fingerprint density at radius 3 is 2.62 bits per heavy atom. The highest BCUT2D eigenvalue weighted by Gasteiger charge is 2.31. The summed E-state index contributed by atoms with van der Waals surface area (Å²) in [5.41, 5.74) is 1.57. The number of hydrogen-bond donors (Lipinski definition) is 1. The van der Waals surface area contributed by atoms with Crippen molar-refractivity contribution in [2.45, 2.75) is 71.9 Å². The molecule has 0 aliphatic heterocycles. The van der Waals surface area contributed by atoms with Crippen molar-refractivity contribution in [1.82, 2.24) is 5.32 Å². The molecule has 1 N–H and O–H groups in total. The van der Waals surface area contributed by atoms with E-state index in [9.17, 15) is 9.59 Å². The van der Waals surface area contributed by atoms with Crippen LogP contribution in [0.4, 0.5) is 0 Å². The van der Waals surface area contributed by atoms with Gasteiger partial charge in [0.25, 0.3) is 5.91 Å². The van der Waals surface area contributed by atoms with E-state index in [1.165, 1.54) is 28.2 Å². The highest BCUT2D eigenvalue weighted by Crippen LogP contribution is 2.40. The van der Waals surface area contributed by atoms with Crippen molar-refractivity contribution in [2.75, 3.05) is 0 Å². The van der Waals surface area contributed by atoms with Crippen LogP contribution >= 0.6 is 11.3 Å². The van der Waals surface area contributed by atoms with Crippen LogP contribution < -0.4 is 5.32 Å². The van der Waals surface area contributed by atoms with Gasteiger partial charge < -0.3 is 10.1 Å². The summed E-state index contributed by atoms with van der Waals surface area (Å²) in [6, 6.07) is 2.26. The Bertz CT molecular complexity index is 640. The predicted molar refractivity (Wildman–Crippen MR) is 95.3 cm³/mol. The zero-order valence-electron chi connectivity index (χ0n) is 15.0. The molecule has 0 radical (unpaired) electrons. The van der Waals surface area contributed by atoms with E-state index >= 15 is 0 Å². The highest BCUT2D eigenvalue weighted by atomic mass is 32.1. The Kier molecular flexibility index (Phi) is 4.73. The van der Waals surface area contributed by atoms with Crippen LogP contribution in [0.5, 0.6) is 0 Å². The molecule has 0 spiro atoms. The Morgan fingerprint density at radius 2 is 2.00 bits per heavy atom. The van der Waals surface area contributed by atoms with E-state index in [2.05, 4.69) is 26.1 Å². The van der Waals surface area contributed by atoms with Crippen molar-refractivity contribution in [3.8, 4) is 0 Å². The second-order valence-corrected chi connectivity index (χ2v) is 9.33. The highest BCUT2D eigenvalue weighted by molar-refractivity contribution is 7.14. The standard InChI is InChI=1S/C19H27NO3S/c1-11(17(21)20-14-6-7-14)23-18(22)16-10-12-9-13(19(2,3)4)5-8-15(12)24-16/h10-11,13-14H,5-9H2,1-4H3,(H,20,21)/t11-,13+/m0/s1. The molecule has 0 bridgehead atoms. The lowest BCUT2D eigenvalue weighted by molar-refractivity contribution is -0.129. The summed E-state index contributed by atoms with van der Waals surface area (Å²) in [5, 5.41) is 2.87. The molecular formula is C19H27NO3S. The lowest BCUT2D eigenvalue weighted by atomic mass is 9.72. The molecule has 0 aromatic carbocycles. The molecular weight excluding hydrogens is 322 g/mol. The lowest BCUT2D eigenvalue weighted by Gasteiger charge is -2.33. The minimum Gasteiger partial charge on any atom is -0.448 e. The average Bonchev–Trinajstić information content (AvgIpc) is 3.20. The van der Waals surface area contributed by atoms with Gasteiger partial charge in [-0.15, -0.1) is 11.3 Å². The first-order valence-corrected chi connectivity index (χ1v) is 9.68. The van der Waals surface area contributed by atoms with E-state index in [-0.39, 0.29) is 23.3 Å². The third kappa shape index (κ3) is 4.00. The van der Waals surface area contributed by atoms with Gasteiger partial charge in [-0.3, -0.25) is 4.79 Å². The number of hydrogen-bond acceptors (Lipinski definition) is 4. The van der Waals surface area contributed by atoms with Crippen LogP contribution in [0.2, 0.25) is 0 Å². The molecule has 1 aromatic rings. The summed E-state index contributed by atoms with van der Waals surface area (Å²) in [6.45, 7) is 8.48. The van der Waals surface area contributed by atoms with Gasteiger partial charge in [0.15, 0.2) is 6.10 Å². The first kappa shape index (κ1) is 17.5. The number of carbonyl (C=O) groups is 2. The Labute approximate surface area is 148 Å². The van der Waals surface area contributed by atoms with Gasteiger partial charge in [-0.2, -0.15) is 0 Å². The molecule has 3 rings (SSSR count). The van der Waals surface area contributed by atoms with Gasteiger partial charge >= 0.3 is 5.97 Å². The van der Waals surface area contributed by atoms with Gasteiger partial charge in [-0.25, -0.2) is 4.79 Å². The van der Waals surface area contributed by atoms with E-state index in [1.54, 1.807) is 6.92 Å². The number of thiophene rings is 1. The lowest BCUT2D eigenvalue weighted by Crippen LogP contribution is -2.36. The van der Waals surface area contributed by atoms with Crippen LogP contribution in [0.25, 0.3) is 0 Å². The molecule has 1 heterocycles. The van der Waals surface area contributed by atoms with Gasteiger partial charge in [-0.05, 0) is 62.0 Å². The van der Waals surface area contributed by atoms with Crippen LogP contribution in [-0.2, 0) is 22.4 Å². The summed E-state index contributed by atoms with van der Waals surface area (Å²) >= 11 is 1.53. The Morgan fingerprint density at radius 1 is 1.29 bits per heavy atom. The van der Waals surface area contributed by atoms with Crippen molar-refractivity contribution in [3.63, 3.8) is 0 Å². The van der Waals surface area contributed by atoms with E-state index < -0.39 is 6.10 Å². The fourth-order valence-corrected chi connectivity index (χ4v) is 4.27. The van der Waals surface area contributed by atoms with Crippen molar-refractivity contribution < 1.29 is 14.3 Å². The number of amides is 1. The zero-order chi connectivity index (χ0) is 17.5. The number of fused-ring (bicyclic) bond motifs is 1. The molecule has 0 saturated heterocycles. The van der Waals surface area contributed by atoms with E-state index in [0.29, 0.717) is 10.8 Å². The van der Waals surface area contributed by atoms with Crippen molar-refractivity contribution in [1.29, 1.82) is 0 Å². The summed E-state index contributed by atoms with van der Waals surface area (Å²) < 4.78 is 5.36. The fraction of sp³-hybridized carbons (Fsp3) is 0.684. The van der Waals surface area contributed by atoms with Gasteiger partial charge in [0.1, 0.15) is 4.88 Å². The molecule has 2 atom stereocenters. The normalized spacial score (nSPS) is 21.8. The maximum Gasteiger partial charge on any atom is 0.349 e. The molecule has 0 unspecified atom stereocenters. The monoisotopic (exact) mass is 349 g/mol. The maximum absolute atomic E-state index is 12.4. The van der Waals surface area contributed by atoms with E-state index in [0.717, 1.165) is 25.7 Å². The van der Waals surface area contributed by atoms with Gasteiger partial charge in [0, 0.05) is 10.9 Å². The van der Waals surface area contributed by atoms with Crippen LogP contribution in [0.3, 0.4) is 0 Å². The SMILES string of the molecule is C[C@H](OC(=O)c1cc2c(s1)CC[C@@H](C(C)(C)C)C2)C(=O)NC1CC1. The Balaban J connectivity index is 1.62. The second-order valence-electron chi connectivity index (χ2n) is 8.20. The van der Waals surface area contributed by atoms with Crippen molar-refractivity contribution in [3.05, 3.63) is 21.4 Å². The number of carbonyl (C=O) groups excluding carboxylic acids is 2. The van der Waals surface area contributed by atoms with Gasteiger partial charge in [0.05, 0.1) is 0 Å².